The van der Waals surface area contributed by atoms with Crippen LogP contribution in [0.2, 0.25) is 0 Å². The number of hydrogen-bond acceptors (Lipinski definition) is 3. The van der Waals surface area contributed by atoms with Crippen molar-refractivity contribution in [2.24, 2.45) is 5.73 Å². The minimum Gasteiger partial charge on any atom is -0.330 e. The topological polar surface area (TPSA) is 50.1 Å². The molecule has 0 atom stereocenters. The molecule has 3 nitrogen and oxygen atoms in total. The third-order valence-electron chi connectivity index (χ3n) is 2.40. The lowest BCUT2D eigenvalue weighted by Gasteiger charge is -2.07. The SMILES string of the molecule is C=C/C=C(\C=C(C)C)CNCCCNCCCN. The lowest BCUT2D eigenvalue weighted by molar-refractivity contribution is 0.599. The van der Waals surface area contributed by atoms with Crippen LogP contribution < -0.4 is 16.4 Å². The highest BCUT2D eigenvalue weighted by Gasteiger charge is 1.93. The summed E-state index contributed by atoms with van der Waals surface area (Å²) >= 11 is 0. The van der Waals surface area contributed by atoms with Crippen LogP contribution >= 0.6 is 0 Å². The Morgan fingerprint density at radius 2 is 1.78 bits per heavy atom. The molecule has 0 saturated heterocycles. The van der Waals surface area contributed by atoms with E-state index in [0.717, 1.165) is 45.6 Å². The van der Waals surface area contributed by atoms with Crippen molar-refractivity contribution in [3.8, 4) is 0 Å². The van der Waals surface area contributed by atoms with E-state index in [0.29, 0.717) is 0 Å². The summed E-state index contributed by atoms with van der Waals surface area (Å²) in [7, 11) is 0. The van der Waals surface area contributed by atoms with Gasteiger partial charge < -0.3 is 16.4 Å². The van der Waals surface area contributed by atoms with Crippen LogP contribution in [0.15, 0.2) is 36.0 Å². The Labute approximate surface area is 112 Å². The molecule has 0 unspecified atom stereocenters. The Hall–Kier alpha value is -0.900. The molecule has 0 rings (SSSR count). The maximum Gasteiger partial charge on any atom is 0.0205 e. The van der Waals surface area contributed by atoms with E-state index >= 15 is 0 Å². The molecule has 0 spiro atoms. The number of rotatable bonds is 11. The van der Waals surface area contributed by atoms with Crippen LogP contribution in [0.1, 0.15) is 26.7 Å². The van der Waals surface area contributed by atoms with Gasteiger partial charge in [-0.1, -0.05) is 30.4 Å². The summed E-state index contributed by atoms with van der Waals surface area (Å²) in [6.45, 7) is 12.7. The van der Waals surface area contributed by atoms with Crippen molar-refractivity contribution >= 4 is 0 Å². The summed E-state index contributed by atoms with van der Waals surface area (Å²) in [6, 6.07) is 0. The summed E-state index contributed by atoms with van der Waals surface area (Å²) < 4.78 is 0. The smallest absolute Gasteiger partial charge is 0.0205 e. The molecule has 0 aromatic rings. The Kier molecular flexibility index (Phi) is 11.9. The summed E-state index contributed by atoms with van der Waals surface area (Å²) in [4.78, 5) is 0. The summed E-state index contributed by atoms with van der Waals surface area (Å²) in [6.07, 6.45) is 8.28. The summed E-state index contributed by atoms with van der Waals surface area (Å²) in [5.41, 5.74) is 8.01. The van der Waals surface area contributed by atoms with Crippen molar-refractivity contribution in [3.05, 3.63) is 36.0 Å². The van der Waals surface area contributed by atoms with E-state index < -0.39 is 0 Å². The number of allylic oxidation sites excluding steroid dienone is 3. The molecule has 0 saturated carbocycles. The van der Waals surface area contributed by atoms with Gasteiger partial charge in [0.1, 0.15) is 0 Å². The average Bonchev–Trinajstić information content (AvgIpc) is 2.32. The van der Waals surface area contributed by atoms with Crippen LogP contribution in [-0.2, 0) is 0 Å². The quantitative estimate of drug-likeness (QED) is 0.389. The first-order valence-electron chi connectivity index (χ1n) is 6.78. The van der Waals surface area contributed by atoms with Crippen LogP contribution in [0.3, 0.4) is 0 Å². The minimum atomic E-state index is 0.768. The van der Waals surface area contributed by atoms with Gasteiger partial charge in [0.05, 0.1) is 0 Å². The van der Waals surface area contributed by atoms with E-state index in [4.69, 9.17) is 5.73 Å². The first-order chi connectivity index (χ1) is 8.70. The van der Waals surface area contributed by atoms with Gasteiger partial charge in [0, 0.05) is 6.54 Å². The zero-order chi connectivity index (χ0) is 13.6. The average molecular weight is 251 g/mol. The van der Waals surface area contributed by atoms with Crippen LogP contribution in [-0.4, -0.2) is 32.7 Å². The van der Waals surface area contributed by atoms with E-state index in [9.17, 15) is 0 Å². The number of hydrogen-bond donors (Lipinski definition) is 3. The van der Waals surface area contributed by atoms with Gasteiger partial charge in [-0.15, -0.1) is 0 Å². The van der Waals surface area contributed by atoms with Gasteiger partial charge in [0.15, 0.2) is 0 Å². The molecule has 0 amide bonds. The second-order valence-corrected chi connectivity index (χ2v) is 4.62. The molecular weight excluding hydrogens is 222 g/mol. The third-order valence-corrected chi connectivity index (χ3v) is 2.40. The molecule has 0 aliphatic heterocycles. The van der Waals surface area contributed by atoms with Gasteiger partial charge in [-0.2, -0.15) is 0 Å². The molecule has 0 fully saturated rings. The van der Waals surface area contributed by atoms with Crippen LogP contribution in [0.25, 0.3) is 0 Å². The highest BCUT2D eigenvalue weighted by Crippen LogP contribution is 2.01. The van der Waals surface area contributed by atoms with Gasteiger partial charge >= 0.3 is 0 Å². The Balaban J connectivity index is 3.59. The van der Waals surface area contributed by atoms with Crippen LogP contribution in [0.4, 0.5) is 0 Å². The molecule has 0 aromatic carbocycles. The second kappa shape index (κ2) is 12.6. The first kappa shape index (κ1) is 17.1. The molecule has 0 aliphatic rings. The Morgan fingerprint density at radius 3 is 2.39 bits per heavy atom. The summed E-state index contributed by atoms with van der Waals surface area (Å²) in [5, 5.41) is 6.81. The monoisotopic (exact) mass is 251 g/mol. The fourth-order valence-electron chi connectivity index (χ4n) is 1.60. The molecule has 0 aliphatic carbocycles. The van der Waals surface area contributed by atoms with E-state index in [1.54, 1.807) is 0 Å². The lowest BCUT2D eigenvalue weighted by Crippen LogP contribution is -2.24. The van der Waals surface area contributed by atoms with E-state index in [2.05, 4.69) is 43.2 Å². The van der Waals surface area contributed by atoms with Crippen molar-refractivity contribution in [1.82, 2.24) is 10.6 Å². The second-order valence-electron chi connectivity index (χ2n) is 4.62. The molecule has 4 N–H and O–H groups in total. The molecule has 0 radical (unpaired) electrons. The van der Waals surface area contributed by atoms with Gasteiger partial charge in [0.2, 0.25) is 0 Å². The minimum absolute atomic E-state index is 0.768. The third kappa shape index (κ3) is 11.6. The first-order valence-corrected chi connectivity index (χ1v) is 6.78. The normalized spacial score (nSPS) is 11.4. The van der Waals surface area contributed by atoms with Crippen molar-refractivity contribution in [2.75, 3.05) is 32.7 Å². The van der Waals surface area contributed by atoms with Gasteiger partial charge in [-0.25, -0.2) is 0 Å². The van der Waals surface area contributed by atoms with Gasteiger partial charge in [-0.3, -0.25) is 0 Å². The van der Waals surface area contributed by atoms with Crippen LogP contribution in [0.5, 0.6) is 0 Å². The predicted octanol–water partition coefficient (Wildman–Crippen LogP) is 1.98. The summed E-state index contributed by atoms with van der Waals surface area (Å²) in [5.74, 6) is 0. The van der Waals surface area contributed by atoms with E-state index in [1.165, 1.54) is 11.1 Å². The molecule has 0 aromatic heterocycles. The molecule has 3 heteroatoms. The molecule has 0 heterocycles. The molecular formula is C15H29N3. The Morgan fingerprint density at radius 1 is 1.11 bits per heavy atom. The zero-order valence-corrected chi connectivity index (χ0v) is 12.0. The Bertz CT molecular complexity index is 263. The van der Waals surface area contributed by atoms with E-state index in [-0.39, 0.29) is 0 Å². The number of nitrogens with two attached hydrogens (primary N) is 1. The standard InChI is InChI=1S/C15H29N3/c1-4-7-15(12-14(2)3)13-18-11-6-10-17-9-5-8-16/h4,7,12,17-18H,1,5-6,8-11,13,16H2,2-3H3/b15-7+. The van der Waals surface area contributed by atoms with E-state index in [1.807, 2.05) is 6.08 Å². The highest BCUT2D eigenvalue weighted by atomic mass is 14.9. The maximum atomic E-state index is 5.42. The largest absolute Gasteiger partial charge is 0.330 e. The molecule has 0 bridgehead atoms. The van der Waals surface area contributed by atoms with Gasteiger partial charge in [-0.05, 0) is 58.4 Å². The van der Waals surface area contributed by atoms with Gasteiger partial charge in [0.25, 0.3) is 0 Å². The zero-order valence-electron chi connectivity index (χ0n) is 12.0. The predicted molar refractivity (Wildman–Crippen MR) is 81.7 cm³/mol. The fraction of sp³-hybridized carbons (Fsp3) is 0.600. The maximum absolute atomic E-state index is 5.42. The molecule has 18 heavy (non-hydrogen) atoms. The highest BCUT2D eigenvalue weighted by molar-refractivity contribution is 5.26. The van der Waals surface area contributed by atoms with Crippen molar-refractivity contribution in [2.45, 2.75) is 26.7 Å². The lowest BCUT2D eigenvalue weighted by atomic mass is 10.1. The van der Waals surface area contributed by atoms with Crippen molar-refractivity contribution < 1.29 is 0 Å². The van der Waals surface area contributed by atoms with Crippen LogP contribution in [0, 0.1) is 0 Å². The molecule has 104 valence electrons. The number of nitrogens with one attached hydrogen (secondary N) is 2. The van der Waals surface area contributed by atoms with Crippen molar-refractivity contribution in [1.29, 1.82) is 0 Å². The van der Waals surface area contributed by atoms with Crippen molar-refractivity contribution in [3.63, 3.8) is 0 Å². The fourth-order valence-corrected chi connectivity index (χ4v) is 1.60.